The average Bonchev–Trinajstić information content (AvgIpc) is 3.62. The third kappa shape index (κ3) is 6.39. The molecule has 5 rings (SSSR count). The van der Waals surface area contributed by atoms with E-state index in [1.807, 2.05) is 0 Å². The van der Waals surface area contributed by atoms with Crippen LogP contribution in [0.3, 0.4) is 0 Å². The highest BCUT2D eigenvalue weighted by atomic mass is 32.2. The number of hydrogen-bond donors (Lipinski definition) is 2. The number of benzene rings is 1. The zero-order valence-electron chi connectivity index (χ0n) is 21.5. The third-order valence-electron chi connectivity index (χ3n) is 6.92. The smallest absolute Gasteiger partial charge is 0.351 e. The number of sulfonamides is 1. The highest BCUT2D eigenvalue weighted by molar-refractivity contribution is 7.88. The van der Waals surface area contributed by atoms with Gasteiger partial charge in [0.25, 0.3) is 0 Å². The van der Waals surface area contributed by atoms with E-state index in [1.54, 1.807) is 19.1 Å². The molecular weight excluding hydrogens is 538 g/mol. The molecule has 2 aromatic heterocycles. The number of nitrogens with one attached hydrogen (secondary N) is 2. The van der Waals surface area contributed by atoms with Crippen LogP contribution in [0.5, 0.6) is 0 Å². The largest absolute Gasteiger partial charge is 0.420 e. The number of nitrogens with zero attached hydrogens (tertiary/aromatic N) is 5. The molecule has 0 spiro atoms. The van der Waals surface area contributed by atoms with E-state index in [2.05, 4.69) is 25.6 Å². The lowest BCUT2D eigenvalue weighted by atomic mass is 10.1. The van der Waals surface area contributed by atoms with Gasteiger partial charge in [-0.3, -0.25) is 0 Å². The second kappa shape index (κ2) is 10.5. The molecule has 2 aliphatic rings. The van der Waals surface area contributed by atoms with Gasteiger partial charge in [0.1, 0.15) is 28.6 Å². The van der Waals surface area contributed by atoms with Gasteiger partial charge in [-0.25, -0.2) is 32.1 Å². The quantitative estimate of drug-likeness (QED) is 0.398. The van der Waals surface area contributed by atoms with Crippen molar-refractivity contribution in [3.8, 4) is 17.1 Å². The van der Waals surface area contributed by atoms with Gasteiger partial charge in [-0.15, -0.1) is 0 Å². The molecule has 9 nitrogen and oxygen atoms in total. The van der Waals surface area contributed by atoms with E-state index in [0.29, 0.717) is 37.4 Å². The summed E-state index contributed by atoms with van der Waals surface area (Å²) in [5.41, 5.74) is -0.627. The van der Waals surface area contributed by atoms with Crippen LogP contribution in [0.2, 0.25) is 0 Å². The van der Waals surface area contributed by atoms with E-state index in [-0.39, 0.29) is 36.5 Å². The molecule has 210 valence electrons. The fourth-order valence-electron chi connectivity index (χ4n) is 4.60. The average molecular weight is 568 g/mol. The standard InChI is InChI=1S/C25H29F4N7O2S/c1-15-32-21(14-36(15)22-6-3-16(11-20(22)26)12-30-17-4-5-17)23-19(25(27,28)29)13-31-24(34-23)33-18-7-9-35(10-8-18)39(2,37)38/h3,6,11,13-14,17-18,30H,4-5,7-10,12H2,1-2H3,(H,31,33,34). The number of piperidine rings is 1. The molecule has 1 saturated carbocycles. The van der Waals surface area contributed by atoms with Gasteiger partial charge in [0.05, 0.1) is 11.9 Å². The molecule has 2 N–H and O–H groups in total. The van der Waals surface area contributed by atoms with Crippen molar-refractivity contribution in [2.75, 3.05) is 24.7 Å². The number of imidazole rings is 1. The fourth-order valence-corrected chi connectivity index (χ4v) is 5.48. The van der Waals surface area contributed by atoms with Crippen LogP contribution in [0.25, 0.3) is 17.1 Å². The number of aromatic nitrogens is 4. The molecule has 0 radical (unpaired) electrons. The van der Waals surface area contributed by atoms with E-state index in [1.165, 1.54) is 21.1 Å². The molecule has 1 aliphatic heterocycles. The Morgan fingerprint density at radius 3 is 2.41 bits per heavy atom. The van der Waals surface area contributed by atoms with Gasteiger partial charge in [0, 0.05) is 44.1 Å². The van der Waals surface area contributed by atoms with Gasteiger partial charge in [-0.05, 0) is 50.3 Å². The molecular formula is C25H29F4N7O2S. The van der Waals surface area contributed by atoms with Crippen LogP contribution < -0.4 is 10.6 Å². The van der Waals surface area contributed by atoms with E-state index >= 15 is 4.39 Å². The summed E-state index contributed by atoms with van der Waals surface area (Å²) in [4.78, 5) is 12.3. The van der Waals surface area contributed by atoms with Crippen molar-refractivity contribution in [2.24, 2.45) is 0 Å². The summed E-state index contributed by atoms with van der Waals surface area (Å²) in [6.07, 6.45) is 1.56. The Morgan fingerprint density at radius 1 is 1.08 bits per heavy atom. The second-order valence-corrected chi connectivity index (χ2v) is 12.0. The Morgan fingerprint density at radius 2 is 1.79 bits per heavy atom. The van der Waals surface area contributed by atoms with Gasteiger partial charge in [0.15, 0.2) is 0 Å². The van der Waals surface area contributed by atoms with Crippen molar-refractivity contribution in [3.05, 3.63) is 53.4 Å². The first-order chi connectivity index (χ1) is 18.4. The third-order valence-corrected chi connectivity index (χ3v) is 8.22. The number of rotatable bonds is 8. The van der Waals surface area contributed by atoms with Gasteiger partial charge in [-0.2, -0.15) is 13.2 Å². The summed E-state index contributed by atoms with van der Waals surface area (Å²) in [6, 6.07) is 5.02. The maximum atomic E-state index is 15.0. The van der Waals surface area contributed by atoms with Gasteiger partial charge in [0.2, 0.25) is 16.0 Å². The Balaban J connectivity index is 1.40. The minimum atomic E-state index is -4.74. The molecule has 14 heteroatoms. The van der Waals surface area contributed by atoms with E-state index in [4.69, 9.17) is 0 Å². The first-order valence-electron chi connectivity index (χ1n) is 12.6. The predicted molar refractivity (Wildman–Crippen MR) is 137 cm³/mol. The molecule has 3 aromatic rings. The second-order valence-electron chi connectivity index (χ2n) is 10.0. The summed E-state index contributed by atoms with van der Waals surface area (Å²) in [7, 11) is -3.31. The number of anilines is 1. The van der Waals surface area contributed by atoms with Crippen molar-refractivity contribution in [3.63, 3.8) is 0 Å². The van der Waals surface area contributed by atoms with Crippen LogP contribution in [0.1, 0.15) is 42.6 Å². The number of hydrogen-bond acceptors (Lipinski definition) is 7. The lowest BCUT2D eigenvalue weighted by molar-refractivity contribution is -0.137. The van der Waals surface area contributed by atoms with Crippen LogP contribution in [0.4, 0.5) is 23.5 Å². The van der Waals surface area contributed by atoms with E-state index in [9.17, 15) is 21.6 Å². The monoisotopic (exact) mass is 567 g/mol. The Bertz CT molecular complexity index is 1460. The molecule has 1 aromatic carbocycles. The van der Waals surface area contributed by atoms with E-state index in [0.717, 1.165) is 24.7 Å². The zero-order valence-corrected chi connectivity index (χ0v) is 22.3. The van der Waals surface area contributed by atoms with Gasteiger partial charge >= 0.3 is 6.18 Å². The molecule has 1 saturated heterocycles. The molecule has 0 amide bonds. The van der Waals surface area contributed by atoms with Crippen LogP contribution in [-0.4, -0.2) is 63.7 Å². The molecule has 0 atom stereocenters. The van der Waals surface area contributed by atoms with Crippen LogP contribution >= 0.6 is 0 Å². The zero-order chi connectivity index (χ0) is 27.9. The molecule has 3 heterocycles. The van der Waals surface area contributed by atoms with Crippen LogP contribution in [-0.2, 0) is 22.7 Å². The summed E-state index contributed by atoms with van der Waals surface area (Å²) in [5, 5.41) is 6.34. The van der Waals surface area contributed by atoms with Crippen molar-refractivity contribution >= 4 is 16.0 Å². The Labute approximate surface area is 223 Å². The maximum absolute atomic E-state index is 15.0. The maximum Gasteiger partial charge on any atom is 0.420 e. The van der Waals surface area contributed by atoms with E-state index < -0.39 is 33.3 Å². The van der Waals surface area contributed by atoms with Crippen molar-refractivity contribution in [1.82, 2.24) is 29.1 Å². The molecule has 0 unspecified atom stereocenters. The van der Waals surface area contributed by atoms with Crippen LogP contribution in [0.15, 0.2) is 30.6 Å². The first kappa shape index (κ1) is 27.5. The molecule has 0 bridgehead atoms. The van der Waals surface area contributed by atoms with Crippen LogP contribution in [0, 0.1) is 12.7 Å². The van der Waals surface area contributed by atoms with Crippen molar-refractivity contribution in [2.45, 2.75) is 57.4 Å². The minimum absolute atomic E-state index is 0.0262. The van der Waals surface area contributed by atoms with Crippen molar-refractivity contribution < 1.29 is 26.0 Å². The lowest BCUT2D eigenvalue weighted by Gasteiger charge is -2.30. The topological polar surface area (TPSA) is 105 Å². The number of halogens is 4. The Kier molecular flexibility index (Phi) is 7.37. The van der Waals surface area contributed by atoms with Crippen molar-refractivity contribution in [1.29, 1.82) is 0 Å². The van der Waals surface area contributed by atoms with Gasteiger partial charge < -0.3 is 15.2 Å². The first-order valence-corrected chi connectivity index (χ1v) is 14.5. The number of aryl methyl sites for hydroxylation is 1. The van der Waals surface area contributed by atoms with Gasteiger partial charge in [-0.1, -0.05) is 6.07 Å². The highest BCUT2D eigenvalue weighted by Crippen LogP contribution is 2.36. The fraction of sp³-hybridized carbons (Fsp3) is 0.480. The molecule has 1 aliphatic carbocycles. The summed E-state index contributed by atoms with van der Waals surface area (Å²) in [6.45, 7) is 2.69. The predicted octanol–water partition coefficient (Wildman–Crippen LogP) is 3.88. The highest BCUT2D eigenvalue weighted by Gasteiger charge is 2.37. The molecule has 39 heavy (non-hydrogen) atoms. The summed E-state index contributed by atoms with van der Waals surface area (Å²) >= 11 is 0. The number of alkyl halides is 3. The summed E-state index contributed by atoms with van der Waals surface area (Å²) < 4.78 is 82.9. The summed E-state index contributed by atoms with van der Waals surface area (Å²) in [5.74, 6) is -0.248. The minimum Gasteiger partial charge on any atom is -0.351 e. The Hall–Kier alpha value is -3.10. The normalized spacial score (nSPS) is 17.5. The molecule has 2 fully saturated rings. The SMILES string of the molecule is Cc1nc(-c2nc(NC3CCN(S(C)(=O)=O)CC3)ncc2C(F)(F)F)cn1-c1ccc(CNC2CC2)cc1F. The lowest BCUT2D eigenvalue weighted by Crippen LogP contribution is -2.42.